The maximum absolute atomic E-state index is 12.6. The molecular weight excluding hydrogens is 314 g/mol. The molecule has 2 aromatic rings. The van der Waals surface area contributed by atoms with Gasteiger partial charge in [0.25, 0.3) is 0 Å². The van der Waals surface area contributed by atoms with E-state index in [0.717, 1.165) is 18.4 Å². The van der Waals surface area contributed by atoms with E-state index in [2.05, 4.69) is 18.2 Å². The second-order valence-corrected chi connectivity index (χ2v) is 6.18. The number of hydrogen-bond acceptors (Lipinski definition) is 3. The van der Waals surface area contributed by atoms with Gasteiger partial charge in [0.15, 0.2) is 0 Å². The zero-order valence-corrected chi connectivity index (χ0v) is 14.9. The van der Waals surface area contributed by atoms with Crippen molar-refractivity contribution in [2.24, 2.45) is 0 Å². The van der Waals surface area contributed by atoms with E-state index in [4.69, 9.17) is 9.47 Å². The van der Waals surface area contributed by atoms with Crippen LogP contribution >= 0.6 is 0 Å². The number of likely N-dealkylation sites (N-methyl/N-ethyl adjacent to an activating group) is 1. The highest BCUT2D eigenvalue weighted by atomic mass is 16.5. The lowest BCUT2D eigenvalue weighted by Crippen LogP contribution is -2.28. The van der Waals surface area contributed by atoms with Crippen molar-refractivity contribution in [2.45, 2.75) is 18.9 Å². The molecule has 1 atom stereocenters. The van der Waals surface area contributed by atoms with Crippen LogP contribution < -0.4 is 9.47 Å². The Bertz CT molecular complexity index is 775. The van der Waals surface area contributed by atoms with Crippen LogP contribution in [-0.2, 0) is 11.2 Å². The van der Waals surface area contributed by atoms with Gasteiger partial charge in [-0.1, -0.05) is 24.3 Å². The van der Waals surface area contributed by atoms with E-state index in [9.17, 15) is 4.79 Å². The van der Waals surface area contributed by atoms with Gasteiger partial charge in [-0.15, -0.1) is 0 Å². The van der Waals surface area contributed by atoms with Crippen molar-refractivity contribution in [1.82, 2.24) is 4.90 Å². The molecule has 0 N–H and O–H groups in total. The molecule has 2 aromatic carbocycles. The predicted octanol–water partition coefficient (Wildman–Crippen LogP) is 3.86. The van der Waals surface area contributed by atoms with Crippen LogP contribution in [0.2, 0.25) is 0 Å². The van der Waals surface area contributed by atoms with Crippen LogP contribution in [0, 0.1) is 0 Å². The number of ether oxygens (including phenoxy) is 2. The summed E-state index contributed by atoms with van der Waals surface area (Å²) >= 11 is 0. The molecule has 4 nitrogen and oxygen atoms in total. The monoisotopic (exact) mass is 337 g/mol. The standard InChI is InChI=1S/C21H23NO3/c1-22(20-10-9-16-6-4-5-7-19(16)20)21(23)11-8-15-12-17(24-2)14-18(13-15)25-3/h4-8,11-14,20H,9-10H2,1-3H3/b11-8+. The van der Waals surface area contributed by atoms with Crippen LogP contribution in [0.15, 0.2) is 48.5 Å². The molecule has 0 fully saturated rings. The van der Waals surface area contributed by atoms with Crippen LogP contribution in [0.3, 0.4) is 0 Å². The van der Waals surface area contributed by atoms with Crippen LogP contribution in [-0.4, -0.2) is 32.1 Å². The number of amides is 1. The molecule has 0 saturated heterocycles. The number of methoxy groups -OCH3 is 2. The first-order chi connectivity index (χ1) is 12.1. The Morgan fingerprint density at radius 2 is 1.80 bits per heavy atom. The normalized spacial score (nSPS) is 15.9. The molecule has 0 saturated carbocycles. The van der Waals surface area contributed by atoms with E-state index in [1.807, 2.05) is 30.1 Å². The molecule has 0 heterocycles. The van der Waals surface area contributed by atoms with E-state index >= 15 is 0 Å². The summed E-state index contributed by atoms with van der Waals surface area (Å²) in [5, 5.41) is 0. The van der Waals surface area contributed by atoms with Crippen molar-refractivity contribution in [3.63, 3.8) is 0 Å². The minimum absolute atomic E-state index is 0.0107. The molecule has 0 radical (unpaired) electrons. The first-order valence-electron chi connectivity index (χ1n) is 8.38. The molecule has 130 valence electrons. The molecule has 0 aliphatic heterocycles. The van der Waals surface area contributed by atoms with Crippen molar-refractivity contribution < 1.29 is 14.3 Å². The molecule has 25 heavy (non-hydrogen) atoms. The predicted molar refractivity (Wildman–Crippen MR) is 98.9 cm³/mol. The summed E-state index contributed by atoms with van der Waals surface area (Å²) in [5.74, 6) is 1.39. The van der Waals surface area contributed by atoms with Crippen LogP contribution in [0.1, 0.15) is 29.2 Å². The third kappa shape index (κ3) is 3.68. The average Bonchev–Trinajstić information content (AvgIpc) is 3.09. The Labute approximate surface area is 148 Å². The van der Waals surface area contributed by atoms with E-state index < -0.39 is 0 Å². The highest BCUT2D eigenvalue weighted by Gasteiger charge is 2.27. The molecule has 1 aliphatic rings. The van der Waals surface area contributed by atoms with E-state index in [1.165, 1.54) is 11.1 Å². The molecular formula is C21H23NO3. The van der Waals surface area contributed by atoms with E-state index in [0.29, 0.717) is 11.5 Å². The van der Waals surface area contributed by atoms with Gasteiger partial charge in [-0.2, -0.15) is 0 Å². The minimum atomic E-state index is -0.0107. The molecule has 0 spiro atoms. The fourth-order valence-electron chi connectivity index (χ4n) is 3.30. The first-order valence-corrected chi connectivity index (χ1v) is 8.38. The fourth-order valence-corrected chi connectivity index (χ4v) is 3.30. The average molecular weight is 337 g/mol. The molecule has 1 unspecified atom stereocenters. The molecule has 0 bridgehead atoms. The molecule has 3 rings (SSSR count). The van der Waals surface area contributed by atoms with Crippen molar-refractivity contribution in [3.05, 3.63) is 65.2 Å². The lowest BCUT2D eigenvalue weighted by atomic mass is 10.1. The Morgan fingerprint density at radius 3 is 2.48 bits per heavy atom. The summed E-state index contributed by atoms with van der Waals surface area (Å²) in [6.07, 6.45) is 5.40. The lowest BCUT2D eigenvalue weighted by molar-refractivity contribution is -0.126. The SMILES string of the molecule is COc1cc(/C=C/C(=O)N(C)C2CCc3ccccc32)cc(OC)c1. The number of aryl methyl sites for hydroxylation is 1. The number of fused-ring (bicyclic) bond motifs is 1. The van der Waals surface area contributed by atoms with E-state index in [-0.39, 0.29) is 11.9 Å². The van der Waals surface area contributed by atoms with Gasteiger partial charge in [-0.25, -0.2) is 0 Å². The van der Waals surface area contributed by atoms with Crippen molar-refractivity contribution in [1.29, 1.82) is 0 Å². The van der Waals surface area contributed by atoms with Gasteiger partial charge in [0.1, 0.15) is 11.5 Å². The second kappa shape index (κ2) is 7.43. The summed E-state index contributed by atoms with van der Waals surface area (Å²) in [6, 6.07) is 14.1. The number of benzene rings is 2. The van der Waals surface area contributed by atoms with E-state index in [1.54, 1.807) is 32.4 Å². The van der Waals surface area contributed by atoms with Crippen LogP contribution in [0.25, 0.3) is 6.08 Å². The highest BCUT2D eigenvalue weighted by molar-refractivity contribution is 5.92. The summed E-state index contributed by atoms with van der Waals surface area (Å²) < 4.78 is 10.5. The summed E-state index contributed by atoms with van der Waals surface area (Å²) in [5.41, 5.74) is 3.47. The number of nitrogens with zero attached hydrogens (tertiary/aromatic N) is 1. The highest BCUT2D eigenvalue weighted by Crippen LogP contribution is 2.35. The minimum Gasteiger partial charge on any atom is -0.497 e. The lowest BCUT2D eigenvalue weighted by Gasteiger charge is -2.24. The smallest absolute Gasteiger partial charge is 0.246 e. The number of hydrogen-bond donors (Lipinski definition) is 0. The maximum Gasteiger partial charge on any atom is 0.246 e. The topological polar surface area (TPSA) is 38.8 Å². The quantitative estimate of drug-likeness (QED) is 0.778. The Hall–Kier alpha value is -2.75. The van der Waals surface area contributed by atoms with Gasteiger partial charge in [0.2, 0.25) is 5.91 Å². The molecule has 1 aliphatic carbocycles. The fraction of sp³-hybridized carbons (Fsp3) is 0.286. The van der Waals surface area contributed by atoms with Gasteiger partial charge >= 0.3 is 0 Å². The van der Waals surface area contributed by atoms with Crippen molar-refractivity contribution in [3.8, 4) is 11.5 Å². The molecule has 4 heteroatoms. The zero-order valence-electron chi connectivity index (χ0n) is 14.9. The van der Waals surface area contributed by atoms with Crippen molar-refractivity contribution >= 4 is 12.0 Å². The number of rotatable bonds is 5. The molecule has 0 aromatic heterocycles. The van der Waals surface area contributed by atoms with Gasteiger partial charge in [0.05, 0.1) is 20.3 Å². The van der Waals surface area contributed by atoms with Crippen LogP contribution in [0.4, 0.5) is 0 Å². The zero-order chi connectivity index (χ0) is 17.8. The van der Waals surface area contributed by atoms with Gasteiger partial charge in [0, 0.05) is 19.2 Å². The van der Waals surface area contributed by atoms with Crippen molar-refractivity contribution in [2.75, 3.05) is 21.3 Å². The maximum atomic E-state index is 12.6. The number of carbonyl (C=O) groups is 1. The van der Waals surface area contributed by atoms with Crippen LogP contribution in [0.5, 0.6) is 11.5 Å². The third-order valence-electron chi connectivity index (χ3n) is 4.71. The summed E-state index contributed by atoms with van der Waals surface area (Å²) in [7, 11) is 5.09. The van der Waals surface area contributed by atoms with Gasteiger partial charge in [-0.05, 0) is 47.7 Å². The molecule has 1 amide bonds. The van der Waals surface area contributed by atoms with Gasteiger partial charge < -0.3 is 14.4 Å². The van der Waals surface area contributed by atoms with Gasteiger partial charge in [-0.3, -0.25) is 4.79 Å². The number of carbonyl (C=O) groups excluding carboxylic acids is 1. The first kappa shape index (κ1) is 17.1. The second-order valence-electron chi connectivity index (χ2n) is 6.18. The Morgan fingerprint density at radius 1 is 1.12 bits per heavy atom. The third-order valence-corrected chi connectivity index (χ3v) is 4.71. The summed E-state index contributed by atoms with van der Waals surface area (Å²) in [6.45, 7) is 0. The summed E-state index contributed by atoms with van der Waals surface area (Å²) in [4.78, 5) is 14.4. The Balaban J connectivity index is 1.75. The Kier molecular flexibility index (Phi) is 5.08. The largest absolute Gasteiger partial charge is 0.497 e.